The maximum absolute atomic E-state index is 8.65. The molecular weight excluding hydrogens is 120 g/mol. The van der Waals surface area contributed by atoms with Crippen LogP contribution in [0.5, 0.6) is 0 Å². The highest BCUT2D eigenvalue weighted by molar-refractivity contribution is 4.91. The quantitative estimate of drug-likeness (QED) is 0.553. The van der Waals surface area contributed by atoms with E-state index in [0.29, 0.717) is 12.4 Å². The molecule has 0 aliphatic carbocycles. The molecule has 1 atom stereocenters. The van der Waals surface area contributed by atoms with Gasteiger partial charge in [-0.1, -0.05) is 6.58 Å². The van der Waals surface area contributed by atoms with Crippen LogP contribution in [0.2, 0.25) is 0 Å². The third-order valence-electron chi connectivity index (χ3n) is 1.19. The van der Waals surface area contributed by atoms with E-state index in [1.165, 1.54) is 0 Å². The van der Waals surface area contributed by atoms with Gasteiger partial charge < -0.3 is 14.6 Å². The van der Waals surface area contributed by atoms with Gasteiger partial charge in [-0.2, -0.15) is 0 Å². The molecule has 3 nitrogen and oxygen atoms in total. The molecule has 1 aliphatic heterocycles. The Morgan fingerprint density at radius 1 is 1.89 bits per heavy atom. The van der Waals surface area contributed by atoms with Crippen LogP contribution in [0.4, 0.5) is 0 Å². The van der Waals surface area contributed by atoms with Crippen LogP contribution in [-0.4, -0.2) is 24.1 Å². The van der Waals surface area contributed by atoms with Crippen LogP contribution in [0, 0.1) is 0 Å². The van der Waals surface area contributed by atoms with Crippen molar-refractivity contribution in [3.05, 3.63) is 12.3 Å². The Balaban J connectivity index is 2.54. The summed E-state index contributed by atoms with van der Waals surface area (Å²) in [6.45, 7) is 5.46. The van der Waals surface area contributed by atoms with Crippen molar-refractivity contribution in [1.82, 2.24) is 0 Å². The lowest BCUT2D eigenvalue weighted by atomic mass is 10.4. The van der Waals surface area contributed by atoms with E-state index >= 15 is 0 Å². The van der Waals surface area contributed by atoms with Crippen molar-refractivity contribution in [2.75, 3.05) is 13.2 Å². The van der Waals surface area contributed by atoms with Crippen LogP contribution in [0.1, 0.15) is 6.92 Å². The molecule has 1 unspecified atom stereocenters. The number of hydrogen-bond acceptors (Lipinski definition) is 3. The van der Waals surface area contributed by atoms with Crippen molar-refractivity contribution in [1.29, 1.82) is 0 Å². The van der Waals surface area contributed by atoms with E-state index < -0.39 is 5.79 Å². The van der Waals surface area contributed by atoms with Gasteiger partial charge in [0.15, 0.2) is 0 Å². The van der Waals surface area contributed by atoms with Gasteiger partial charge in [0.2, 0.25) is 5.79 Å². The van der Waals surface area contributed by atoms with E-state index in [9.17, 15) is 0 Å². The van der Waals surface area contributed by atoms with Crippen LogP contribution < -0.4 is 0 Å². The molecule has 0 saturated carbocycles. The highest BCUT2D eigenvalue weighted by atomic mass is 16.7. The zero-order valence-electron chi connectivity index (χ0n) is 5.39. The molecule has 1 fully saturated rings. The second kappa shape index (κ2) is 2.01. The Kier molecular flexibility index (Phi) is 1.47. The summed E-state index contributed by atoms with van der Waals surface area (Å²) in [7, 11) is 0. The summed E-state index contributed by atoms with van der Waals surface area (Å²) in [6, 6.07) is 0. The van der Waals surface area contributed by atoms with Crippen LogP contribution in [0.15, 0.2) is 12.3 Å². The van der Waals surface area contributed by atoms with Gasteiger partial charge in [-0.15, -0.1) is 0 Å². The number of aliphatic hydroxyl groups is 1. The Morgan fingerprint density at radius 3 is 2.78 bits per heavy atom. The minimum Gasteiger partial charge on any atom is -0.463 e. The van der Waals surface area contributed by atoms with Crippen molar-refractivity contribution in [2.24, 2.45) is 0 Å². The molecule has 1 heterocycles. The summed E-state index contributed by atoms with van der Waals surface area (Å²) in [5.41, 5.74) is 0. The first-order valence-electron chi connectivity index (χ1n) is 2.78. The van der Waals surface area contributed by atoms with Crippen molar-refractivity contribution in [2.45, 2.75) is 12.7 Å². The first-order chi connectivity index (χ1) is 4.16. The standard InChI is InChI=1S/C6H10O3/c1-5-3-8-6(2,4-7)9-5/h7H,1,3-4H2,2H3. The minimum atomic E-state index is -0.836. The van der Waals surface area contributed by atoms with Crippen molar-refractivity contribution < 1.29 is 14.6 Å². The number of ether oxygens (including phenoxy) is 2. The maximum atomic E-state index is 8.65. The molecule has 0 amide bonds. The largest absolute Gasteiger partial charge is 0.463 e. The smallest absolute Gasteiger partial charge is 0.231 e. The van der Waals surface area contributed by atoms with Gasteiger partial charge in [-0.3, -0.25) is 0 Å². The molecular formula is C6H10O3. The molecule has 0 aromatic heterocycles. The van der Waals surface area contributed by atoms with Gasteiger partial charge in [-0.25, -0.2) is 0 Å². The van der Waals surface area contributed by atoms with Gasteiger partial charge in [-0.05, 0) is 0 Å². The Bertz CT molecular complexity index is 132. The van der Waals surface area contributed by atoms with Crippen molar-refractivity contribution >= 4 is 0 Å². The van der Waals surface area contributed by atoms with E-state index in [-0.39, 0.29) is 6.61 Å². The predicted molar refractivity (Wildman–Crippen MR) is 31.7 cm³/mol. The zero-order valence-corrected chi connectivity index (χ0v) is 5.39. The molecule has 1 N–H and O–H groups in total. The van der Waals surface area contributed by atoms with Crippen molar-refractivity contribution in [3.63, 3.8) is 0 Å². The summed E-state index contributed by atoms with van der Waals surface area (Å²) < 4.78 is 10.1. The summed E-state index contributed by atoms with van der Waals surface area (Å²) in [5, 5.41) is 8.65. The fraction of sp³-hybridized carbons (Fsp3) is 0.667. The molecule has 0 bridgehead atoms. The van der Waals surface area contributed by atoms with Crippen LogP contribution >= 0.6 is 0 Å². The number of hydrogen-bond donors (Lipinski definition) is 1. The van der Waals surface area contributed by atoms with E-state index in [0.717, 1.165) is 0 Å². The minimum absolute atomic E-state index is 0.133. The van der Waals surface area contributed by atoms with E-state index in [1.807, 2.05) is 0 Å². The second-order valence-electron chi connectivity index (χ2n) is 2.22. The Morgan fingerprint density at radius 2 is 2.56 bits per heavy atom. The first kappa shape index (κ1) is 6.58. The third-order valence-corrected chi connectivity index (χ3v) is 1.19. The second-order valence-corrected chi connectivity index (χ2v) is 2.22. The van der Waals surface area contributed by atoms with Gasteiger partial charge >= 0.3 is 0 Å². The molecule has 0 radical (unpaired) electrons. The molecule has 1 aliphatic rings. The summed E-state index contributed by atoms with van der Waals surface area (Å²) in [6.07, 6.45) is 0. The topological polar surface area (TPSA) is 38.7 Å². The van der Waals surface area contributed by atoms with E-state index in [4.69, 9.17) is 14.6 Å². The summed E-state index contributed by atoms with van der Waals surface area (Å²) in [4.78, 5) is 0. The monoisotopic (exact) mass is 130 g/mol. The van der Waals surface area contributed by atoms with Crippen molar-refractivity contribution in [3.8, 4) is 0 Å². The molecule has 0 aromatic rings. The molecule has 52 valence electrons. The lowest BCUT2D eigenvalue weighted by Crippen LogP contribution is -2.29. The third kappa shape index (κ3) is 1.23. The SMILES string of the molecule is C=C1COC(C)(CO)O1. The normalized spacial score (nSPS) is 34.7. The predicted octanol–water partition coefficient (Wildman–Crippen LogP) is 0.255. The fourth-order valence-electron chi connectivity index (χ4n) is 0.675. The Hall–Kier alpha value is -0.540. The molecule has 0 spiro atoms. The van der Waals surface area contributed by atoms with Crippen LogP contribution in [0.3, 0.4) is 0 Å². The lowest BCUT2D eigenvalue weighted by molar-refractivity contribution is -0.160. The fourth-order valence-corrected chi connectivity index (χ4v) is 0.675. The molecule has 3 heteroatoms. The molecule has 9 heavy (non-hydrogen) atoms. The van der Waals surface area contributed by atoms with E-state index in [2.05, 4.69) is 6.58 Å². The summed E-state index contributed by atoms with van der Waals surface area (Å²) in [5.74, 6) is -0.261. The average molecular weight is 130 g/mol. The van der Waals surface area contributed by atoms with Gasteiger partial charge in [0.25, 0.3) is 0 Å². The van der Waals surface area contributed by atoms with Gasteiger partial charge in [0, 0.05) is 6.92 Å². The zero-order chi connectivity index (χ0) is 6.91. The number of aliphatic hydroxyl groups excluding tert-OH is 1. The highest BCUT2D eigenvalue weighted by Gasteiger charge is 2.32. The van der Waals surface area contributed by atoms with E-state index in [1.54, 1.807) is 6.92 Å². The Labute approximate surface area is 53.9 Å². The number of rotatable bonds is 1. The average Bonchev–Trinajstić information content (AvgIpc) is 2.13. The van der Waals surface area contributed by atoms with Gasteiger partial charge in [0.05, 0.1) is 0 Å². The first-order valence-corrected chi connectivity index (χ1v) is 2.78. The highest BCUT2D eigenvalue weighted by Crippen LogP contribution is 2.23. The maximum Gasteiger partial charge on any atom is 0.231 e. The van der Waals surface area contributed by atoms with Gasteiger partial charge in [0.1, 0.15) is 19.0 Å². The summed E-state index contributed by atoms with van der Waals surface area (Å²) >= 11 is 0. The molecule has 1 saturated heterocycles. The van der Waals surface area contributed by atoms with Crippen LogP contribution in [-0.2, 0) is 9.47 Å². The molecule has 1 rings (SSSR count). The lowest BCUT2D eigenvalue weighted by Gasteiger charge is -2.18. The molecule has 0 aromatic carbocycles. The van der Waals surface area contributed by atoms with Crippen LogP contribution in [0.25, 0.3) is 0 Å².